The lowest BCUT2D eigenvalue weighted by atomic mass is 9.91. The molecule has 6 nitrogen and oxygen atoms in total. The highest BCUT2D eigenvalue weighted by Gasteiger charge is 2.30. The van der Waals surface area contributed by atoms with Gasteiger partial charge in [-0.05, 0) is 23.8 Å². The van der Waals surface area contributed by atoms with Gasteiger partial charge in [-0.2, -0.15) is 13.2 Å². The molecule has 0 spiro atoms. The zero-order valence-electron chi connectivity index (χ0n) is 15.3. The van der Waals surface area contributed by atoms with Gasteiger partial charge in [0.25, 0.3) is 0 Å². The zero-order chi connectivity index (χ0) is 21.0. The monoisotopic (exact) mass is 402 g/mol. The van der Waals surface area contributed by atoms with E-state index in [1.807, 2.05) is 6.92 Å². The molecule has 0 fully saturated rings. The van der Waals surface area contributed by atoms with Crippen LogP contribution in [0, 0.1) is 0 Å². The van der Waals surface area contributed by atoms with E-state index in [0.717, 1.165) is 23.9 Å². The summed E-state index contributed by atoms with van der Waals surface area (Å²) >= 11 is 0. The largest absolute Gasteiger partial charge is 0.477 e. The number of aromatic nitrogens is 3. The molecule has 1 amide bonds. The van der Waals surface area contributed by atoms with Crippen LogP contribution in [0.4, 0.5) is 13.2 Å². The average Bonchev–Trinajstić information content (AvgIpc) is 2.71. The molecule has 0 saturated heterocycles. The van der Waals surface area contributed by atoms with Crippen molar-refractivity contribution in [3.63, 3.8) is 0 Å². The molecule has 0 bridgehead atoms. The van der Waals surface area contributed by atoms with Crippen molar-refractivity contribution < 1.29 is 22.7 Å². The van der Waals surface area contributed by atoms with Crippen LogP contribution in [0.15, 0.2) is 55.0 Å². The summed E-state index contributed by atoms with van der Waals surface area (Å²) in [6.07, 6.45) is -0.635. The molecule has 29 heavy (non-hydrogen) atoms. The molecule has 3 aromatic rings. The van der Waals surface area contributed by atoms with Crippen LogP contribution in [0.5, 0.6) is 5.88 Å². The second kappa shape index (κ2) is 8.26. The van der Waals surface area contributed by atoms with Crippen LogP contribution in [0.2, 0.25) is 0 Å². The van der Waals surface area contributed by atoms with E-state index in [1.54, 1.807) is 36.7 Å². The summed E-state index contributed by atoms with van der Waals surface area (Å²) in [4.78, 5) is 24.0. The molecule has 1 atom stereocenters. The Morgan fingerprint density at radius 3 is 2.41 bits per heavy atom. The van der Waals surface area contributed by atoms with Crippen molar-refractivity contribution in [1.82, 2.24) is 15.0 Å². The molecule has 0 radical (unpaired) electrons. The van der Waals surface area contributed by atoms with E-state index in [4.69, 9.17) is 10.5 Å². The molecule has 0 aliphatic rings. The highest BCUT2D eigenvalue weighted by atomic mass is 19.4. The number of amides is 1. The Bertz CT molecular complexity index is 993. The lowest BCUT2D eigenvalue weighted by molar-refractivity contribution is -0.137. The first-order chi connectivity index (χ1) is 13.8. The number of halogens is 3. The van der Waals surface area contributed by atoms with E-state index >= 15 is 0 Å². The van der Waals surface area contributed by atoms with Gasteiger partial charge in [0.1, 0.15) is 0 Å². The van der Waals surface area contributed by atoms with E-state index in [1.165, 1.54) is 0 Å². The zero-order valence-corrected chi connectivity index (χ0v) is 15.3. The van der Waals surface area contributed by atoms with Gasteiger partial charge < -0.3 is 10.5 Å². The molecule has 0 unspecified atom stereocenters. The van der Waals surface area contributed by atoms with Gasteiger partial charge >= 0.3 is 6.18 Å². The summed E-state index contributed by atoms with van der Waals surface area (Å²) in [7, 11) is 0. The van der Waals surface area contributed by atoms with Crippen LogP contribution in [0.3, 0.4) is 0 Å². The molecule has 1 aromatic carbocycles. The summed E-state index contributed by atoms with van der Waals surface area (Å²) in [6.45, 7) is 1.96. The van der Waals surface area contributed by atoms with Crippen molar-refractivity contribution >= 4 is 5.91 Å². The fourth-order valence-electron chi connectivity index (χ4n) is 2.80. The molecule has 0 aliphatic heterocycles. The lowest BCUT2D eigenvalue weighted by Gasteiger charge is -2.18. The predicted molar refractivity (Wildman–Crippen MR) is 99.1 cm³/mol. The molecular formula is C20H17F3N4O2. The van der Waals surface area contributed by atoms with Crippen LogP contribution in [-0.4, -0.2) is 27.5 Å². The number of ether oxygens (including phenoxy) is 1. The van der Waals surface area contributed by atoms with Crippen molar-refractivity contribution in [2.75, 3.05) is 6.61 Å². The van der Waals surface area contributed by atoms with Gasteiger partial charge in [0.2, 0.25) is 11.8 Å². The Kier molecular flexibility index (Phi) is 5.76. The summed E-state index contributed by atoms with van der Waals surface area (Å²) in [5, 5.41) is 0. The average molecular weight is 402 g/mol. The first kappa shape index (κ1) is 20.2. The number of hydrogen-bond acceptors (Lipinski definition) is 5. The smallest absolute Gasteiger partial charge is 0.417 e. The van der Waals surface area contributed by atoms with E-state index in [9.17, 15) is 18.0 Å². The number of rotatable bonds is 6. The number of primary amides is 1. The summed E-state index contributed by atoms with van der Waals surface area (Å²) in [6, 6.07) is 8.79. The highest BCUT2D eigenvalue weighted by Crippen LogP contribution is 2.32. The standard InChI is InChI=1S/C20H17F3N4O2/c1-12(11-29-16-7-6-13(10-27-16)20(21,22)23)14-4-2-5-15(18(24)28)17(14)19-25-8-3-9-26-19/h2-10,12H,11H2,1H3,(H2,24,28)/t12-/m1/s1. The van der Waals surface area contributed by atoms with Crippen molar-refractivity contribution in [1.29, 1.82) is 0 Å². The minimum atomic E-state index is -4.46. The highest BCUT2D eigenvalue weighted by molar-refractivity contribution is 5.99. The van der Waals surface area contributed by atoms with Crippen molar-refractivity contribution in [2.45, 2.75) is 19.0 Å². The second-order valence-electron chi connectivity index (χ2n) is 6.30. The maximum Gasteiger partial charge on any atom is 0.417 e. The number of nitrogens with two attached hydrogens (primary N) is 1. The third-order valence-electron chi connectivity index (χ3n) is 4.23. The molecule has 2 heterocycles. The molecule has 2 aromatic heterocycles. The Morgan fingerprint density at radius 2 is 1.83 bits per heavy atom. The second-order valence-corrected chi connectivity index (χ2v) is 6.30. The van der Waals surface area contributed by atoms with Crippen molar-refractivity contribution in [3.8, 4) is 17.3 Å². The predicted octanol–water partition coefficient (Wildman–Crippen LogP) is 3.84. The fraction of sp³-hybridized carbons (Fsp3) is 0.200. The van der Waals surface area contributed by atoms with Crippen LogP contribution in [-0.2, 0) is 6.18 Å². The molecule has 150 valence electrons. The number of alkyl halides is 3. The first-order valence-electron chi connectivity index (χ1n) is 8.63. The molecule has 0 saturated carbocycles. The normalized spacial score (nSPS) is 12.4. The van der Waals surface area contributed by atoms with Gasteiger partial charge in [-0.3, -0.25) is 4.79 Å². The van der Waals surface area contributed by atoms with Gasteiger partial charge in [-0.15, -0.1) is 0 Å². The van der Waals surface area contributed by atoms with Gasteiger partial charge in [0.15, 0.2) is 5.82 Å². The Balaban J connectivity index is 1.85. The van der Waals surface area contributed by atoms with Crippen LogP contribution in [0.25, 0.3) is 11.4 Å². The Hall–Kier alpha value is -3.49. The number of carbonyl (C=O) groups is 1. The van der Waals surface area contributed by atoms with E-state index in [2.05, 4.69) is 15.0 Å². The van der Waals surface area contributed by atoms with Crippen molar-refractivity contribution in [3.05, 3.63) is 71.7 Å². The van der Waals surface area contributed by atoms with E-state index in [0.29, 0.717) is 11.4 Å². The van der Waals surface area contributed by atoms with E-state index < -0.39 is 17.6 Å². The van der Waals surface area contributed by atoms with Crippen LogP contribution < -0.4 is 10.5 Å². The van der Waals surface area contributed by atoms with Gasteiger partial charge in [0.05, 0.1) is 17.7 Å². The molecule has 9 heteroatoms. The molecule has 0 aliphatic carbocycles. The topological polar surface area (TPSA) is 91.0 Å². The third kappa shape index (κ3) is 4.68. The number of nitrogens with zero attached hydrogens (tertiary/aromatic N) is 3. The number of hydrogen-bond donors (Lipinski definition) is 1. The molecule has 3 rings (SSSR count). The lowest BCUT2D eigenvalue weighted by Crippen LogP contribution is -2.16. The Labute approximate surface area is 164 Å². The quantitative estimate of drug-likeness (QED) is 0.677. The van der Waals surface area contributed by atoms with Crippen molar-refractivity contribution in [2.24, 2.45) is 5.73 Å². The number of carbonyl (C=O) groups excluding carboxylic acids is 1. The fourth-order valence-corrected chi connectivity index (χ4v) is 2.80. The number of benzene rings is 1. The number of pyridine rings is 1. The van der Waals surface area contributed by atoms with Crippen LogP contribution >= 0.6 is 0 Å². The summed E-state index contributed by atoms with van der Waals surface area (Å²) in [5.74, 6) is -0.464. The summed E-state index contributed by atoms with van der Waals surface area (Å²) < 4.78 is 43.4. The molecule has 2 N–H and O–H groups in total. The summed E-state index contributed by atoms with van der Waals surface area (Å²) in [5.41, 5.74) is 6.15. The molecular weight excluding hydrogens is 385 g/mol. The van der Waals surface area contributed by atoms with Gasteiger partial charge in [-0.1, -0.05) is 19.1 Å². The van der Waals surface area contributed by atoms with E-state index in [-0.39, 0.29) is 24.0 Å². The van der Waals surface area contributed by atoms with Gasteiger partial charge in [-0.25, -0.2) is 15.0 Å². The Morgan fingerprint density at radius 1 is 1.10 bits per heavy atom. The SMILES string of the molecule is C[C@H](COc1ccc(C(F)(F)F)cn1)c1cccc(C(N)=O)c1-c1ncccn1. The maximum atomic E-state index is 12.6. The maximum absolute atomic E-state index is 12.6. The third-order valence-corrected chi connectivity index (χ3v) is 4.23. The minimum absolute atomic E-state index is 0.0633. The van der Waals surface area contributed by atoms with Gasteiger partial charge in [0, 0.05) is 36.1 Å². The minimum Gasteiger partial charge on any atom is -0.477 e. The van der Waals surface area contributed by atoms with Crippen LogP contribution in [0.1, 0.15) is 34.3 Å². The first-order valence-corrected chi connectivity index (χ1v) is 8.63.